The average Bonchev–Trinajstić information content (AvgIpc) is 2.68. The van der Waals surface area contributed by atoms with Crippen LogP contribution < -0.4 is 0 Å². The van der Waals surface area contributed by atoms with Crippen LogP contribution in [0.5, 0.6) is 0 Å². The summed E-state index contributed by atoms with van der Waals surface area (Å²) in [4.78, 5) is 14.4. The van der Waals surface area contributed by atoms with E-state index in [1.165, 1.54) is 5.75 Å². The van der Waals surface area contributed by atoms with Crippen molar-refractivity contribution in [2.45, 2.75) is 25.2 Å². The number of oxazole rings is 1. The Bertz CT molecular complexity index is 368. The highest BCUT2D eigenvalue weighted by Crippen LogP contribution is 2.37. The normalized spacial score (nSPS) is 26.5. The number of carbonyl (C=O) groups is 1. The van der Waals surface area contributed by atoms with Crippen molar-refractivity contribution in [3.05, 3.63) is 17.8 Å². The number of carboxylic acid groups (broad SMARTS) is 1. The number of thioether (sulfide) groups is 1. The highest BCUT2D eigenvalue weighted by Gasteiger charge is 2.33. The fraction of sp³-hybridized carbons (Fsp3) is 0.600. The topological polar surface area (TPSA) is 63.3 Å². The quantitative estimate of drug-likeness (QED) is 0.838. The molecule has 0 aliphatic carbocycles. The van der Waals surface area contributed by atoms with Gasteiger partial charge in [0.05, 0.1) is 6.20 Å². The van der Waals surface area contributed by atoms with Gasteiger partial charge in [-0.3, -0.25) is 0 Å². The largest absolute Gasteiger partial charge is 0.474 e. The maximum Gasteiger partial charge on any atom is 0.392 e. The zero-order valence-corrected chi connectivity index (χ0v) is 9.34. The van der Waals surface area contributed by atoms with E-state index in [1.807, 2.05) is 11.8 Å². The molecule has 1 unspecified atom stereocenters. The lowest BCUT2D eigenvalue weighted by atomic mass is 9.85. The predicted molar refractivity (Wildman–Crippen MR) is 57.4 cm³/mol. The first-order valence-electron chi connectivity index (χ1n) is 4.89. The minimum atomic E-state index is -1.10. The van der Waals surface area contributed by atoms with E-state index in [0.29, 0.717) is 5.76 Å². The number of rotatable bonds is 2. The number of aromatic nitrogens is 1. The molecular weight excluding hydrogens is 214 g/mol. The minimum Gasteiger partial charge on any atom is -0.474 e. The Hall–Kier alpha value is -0.970. The van der Waals surface area contributed by atoms with E-state index in [1.54, 1.807) is 6.20 Å². The number of aromatic carboxylic acids is 1. The van der Waals surface area contributed by atoms with Gasteiger partial charge >= 0.3 is 11.9 Å². The zero-order chi connectivity index (χ0) is 10.9. The molecule has 0 amide bonds. The van der Waals surface area contributed by atoms with Crippen LogP contribution >= 0.6 is 11.8 Å². The van der Waals surface area contributed by atoms with Crippen molar-refractivity contribution < 1.29 is 14.3 Å². The van der Waals surface area contributed by atoms with Crippen LogP contribution in [0, 0.1) is 0 Å². The van der Waals surface area contributed by atoms with Crippen molar-refractivity contribution in [3.63, 3.8) is 0 Å². The van der Waals surface area contributed by atoms with Crippen LogP contribution in [0.1, 0.15) is 36.2 Å². The van der Waals surface area contributed by atoms with Crippen LogP contribution in [0.4, 0.5) is 0 Å². The molecule has 0 radical (unpaired) electrons. The molecule has 1 aliphatic heterocycles. The van der Waals surface area contributed by atoms with E-state index < -0.39 is 5.97 Å². The van der Waals surface area contributed by atoms with Gasteiger partial charge in [-0.05, 0) is 18.6 Å². The summed E-state index contributed by atoms with van der Waals surface area (Å²) in [5.41, 5.74) is -0.0520. The van der Waals surface area contributed by atoms with Gasteiger partial charge in [0.2, 0.25) is 0 Å². The van der Waals surface area contributed by atoms with E-state index >= 15 is 0 Å². The van der Waals surface area contributed by atoms with Crippen molar-refractivity contribution in [3.8, 4) is 0 Å². The van der Waals surface area contributed by atoms with E-state index in [2.05, 4.69) is 11.9 Å². The first-order chi connectivity index (χ1) is 7.12. The number of nitrogens with zero attached hydrogens (tertiary/aromatic N) is 1. The number of carboxylic acids is 1. The Labute approximate surface area is 92.1 Å². The second-order valence-corrected chi connectivity index (χ2v) is 5.16. The maximum atomic E-state index is 10.6. The number of hydrogen-bond donors (Lipinski definition) is 1. The third kappa shape index (κ3) is 2.02. The fourth-order valence-corrected chi connectivity index (χ4v) is 3.01. The summed E-state index contributed by atoms with van der Waals surface area (Å²) in [6.45, 7) is 2.10. The van der Waals surface area contributed by atoms with Crippen molar-refractivity contribution in [2.24, 2.45) is 0 Å². The predicted octanol–water partition coefficient (Wildman–Crippen LogP) is 2.16. The number of hydrogen-bond acceptors (Lipinski definition) is 4. The Balaban J connectivity index is 2.23. The third-order valence-electron chi connectivity index (χ3n) is 2.72. The van der Waals surface area contributed by atoms with Crippen LogP contribution in [0.2, 0.25) is 0 Å². The highest BCUT2D eigenvalue weighted by molar-refractivity contribution is 7.99. The van der Waals surface area contributed by atoms with Crippen LogP contribution in [-0.2, 0) is 5.41 Å². The smallest absolute Gasteiger partial charge is 0.392 e. The molecule has 0 saturated carbocycles. The molecule has 4 nitrogen and oxygen atoms in total. The molecular formula is C10H13NO3S. The van der Waals surface area contributed by atoms with Gasteiger partial charge in [-0.2, -0.15) is 11.8 Å². The molecule has 1 aromatic heterocycles. The van der Waals surface area contributed by atoms with Gasteiger partial charge in [-0.25, -0.2) is 9.78 Å². The third-order valence-corrected chi connectivity index (χ3v) is 4.14. The summed E-state index contributed by atoms with van der Waals surface area (Å²) in [5, 5.41) is 8.72. The maximum absolute atomic E-state index is 10.6. The molecule has 82 valence electrons. The lowest BCUT2D eigenvalue weighted by molar-refractivity contribution is 0.0649. The van der Waals surface area contributed by atoms with Gasteiger partial charge in [0.25, 0.3) is 0 Å². The molecule has 0 aromatic carbocycles. The summed E-state index contributed by atoms with van der Waals surface area (Å²) in [7, 11) is 0. The van der Waals surface area contributed by atoms with Gasteiger partial charge < -0.3 is 9.52 Å². The first kappa shape index (κ1) is 10.5. The fourth-order valence-electron chi connectivity index (χ4n) is 1.78. The van der Waals surface area contributed by atoms with Crippen molar-refractivity contribution in [2.75, 3.05) is 11.5 Å². The van der Waals surface area contributed by atoms with Gasteiger partial charge in [-0.15, -0.1) is 0 Å². The monoisotopic (exact) mass is 227 g/mol. The van der Waals surface area contributed by atoms with Crippen molar-refractivity contribution >= 4 is 17.7 Å². The summed E-state index contributed by atoms with van der Waals surface area (Å²) >= 11 is 1.88. The Morgan fingerprint density at radius 1 is 1.73 bits per heavy atom. The van der Waals surface area contributed by atoms with Gasteiger partial charge in [0.1, 0.15) is 5.76 Å². The SMILES string of the molecule is CC1(c2cnc(C(=O)O)o2)CCCSC1. The summed E-state index contributed by atoms with van der Waals surface area (Å²) in [6.07, 6.45) is 3.73. The van der Waals surface area contributed by atoms with Gasteiger partial charge in [0, 0.05) is 11.2 Å². The van der Waals surface area contributed by atoms with Gasteiger partial charge in [-0.1, -0.05) is 6.92 Å². The summed E-state index contributed by atoms with van der Waals surface area (Å²) < 4.78 is 5.26. The van der Waals surface area contributed by atoms with Crippen LogP contribution in [0.25, 0.3) is 0 Å². The lowest BCUT2D eigenvalue weighted by Crippen LogP contribution is -2.28. The lowest BCUT2D eigenvalue weighted by Gasteiger charge is -2.30. The molecule has 5 heteroatoms. The van der Waals surface area contributed by atoms with E-state index in [9.17, 15) is 4.79 Å². The van der Waals surface area contributed by atoms with E-state index in [4.69, 9.17) is 9.52 Å². The highest BCUT2D eigenvalue weighted by atomic mass is 32.2. The summed E-state index contributed by atoms with van der Waals surface area (Å²) in [6, 6.07) is 0. The molecule has 2 rings (SSSR count). The molecule has 1 aromatic rings. The van der Waals surface area contributed by atoms with Crippen LogP contribution in [0.3, 0.4) is 0 Å². The standard InChI is InChI=1S/C10H13NO3S/c1-10(3-2-4-15-6-10)7-5-11-8(14-7)9(12)13/h5H,2-4,6H2,1H3,(H,12,13). The molecule has 1 saturated heterocycles. The van der Waals surface area contributed by atoms with Crippen molar-refractivity contribution in [1.29, 1.82) is 0 Å². The molecule has 2 heterocycles. The molecule has 1 N–H and O–H groups in total. The average molecular weight is 227 g/mol. The second-order valence-electron chi connectivity index (χ2n) is 4.05. The second kappa shape index (κ2) is 3.89. The first-order valence-corrected chi connectivity index (χ1v) is 6.05. The molecule has 1 atom stereocenters. The molecule has 1 aliphatic rings. The Kier molecular flexibility index (Phi) is 2.73. The van der Waals surface area contributed by atoms with Crippen LogP contribution in [-0.4, -0.2) is 27.6 Å². The van der Waals surface area contributed by atoms with E-state index in [0.717, 1.165) is 18.6 Å². The minimum absolute atomic E-state index is 0.0520. The molecule has 15 heavy (non-hydrogen) atoms. The molecule has 0 bridgehead atoms. The van der Waals surface area contributed by atoms with E-state index in [-0.39, 0.29) is 11.3 Å². The van der Waals surface area contributed by atoms with Crippen LogP contribution in [0.15, 0.2) is 10.6 Å². The summed E-state index contributed by atoms with van der Waals surface area (Å²) in [5.74, 6) is 1.54. The Morgan fingerprint density at radius 2 is 2.53 bits per heavy atom. The zero-order valence-electron chi connectivity index (χ0n) is 8.52. The van der Waals surface area contributed by atoms with Crippen molar-refractivity contribution in [1.82, 2.24) is 4.98 Å². The van der Waals surface area contributed by atoms with Gasteiger partial charge in [0.15, 0.2) is 0 Å². The Morgan fingerprint density at radius 3 is 3.07 bits per heavy atom. The molecule has 1 fully saturated rings. The molecule has 0 spiro atoms.